The number of piperazine rings is 1. The largest absolute Gasteiger partial charge is 0.496 e. The van der Waals surface area contributed by atoms with Gasteiger partial charge in [0.15, 0.2) is 6.29 Å². The molecule has 0 unspecified atom stereocenters. The Balaban J connectivity index is 1.58. The van der Waals surface area contributed by atoms with E-state index in [0.29, 0.717) is 23.3 Å². The third-order valence-corrected chi connectivity index (χ3v) is 5.86. The molecule has 2 aromatic rings. The number of nitrogens with zero attached hydrogens (tertiary/aromatic N) is 4. The van der Waals surface area contributed by atoms with E-state index in [-0.39, 0.29) is 37.9 Å². The third kappa shape index (κ3) is 7.33. The number of aldehydes is 1. The number of hydrogen-bond acceptors (Lipinski definition) is 8. The number of aromatic nitrogens is 2. The minimum atomic E-state index is -1.20. The summed E-state index contributed by atoms with van der Waals surface area (Å²) in [6, 6.07) is 5.66. The highest BCUT2D eigenvalue weighted by Gasteiger charge is 2.36. The van der Waals surface area contributed by atoms with Crippen LogP contribution in [-0.4, -0.2) is 88.1 Å². The Hall–Kier alpha value is -4.42. The van der Waals surface area contributed by atoms with Crippen LogP contribution in [0.3, 0.4) is 0 Å². The van der Waals surface area contributed by atoms with Gasteiger partial charge in [-0.1, -0.05) is 0 Å². The summed E-state index contributed by atoms with van der Waals surface area (Å²) in [5.41, 5.74) is -1.74. The van der Waals surface area contributed by atoms with Gasteiger partial charge in [0.25, 0.3) is 0 Å². The van der Waals surface area contributed by atoms with E-state index >= 15 is 0 Å². The molecule has 2 heterocycles. The lowest BCUT2D eigenvalue weighted by Gasteiger charge is -2.38. The van der Waals surface area contributed by atoms with Crippen molar-refractivity contribution in [1.29, 1.82) is 0 Å². The number of ether oxygens (including phenoxy) is 2. The van der Waals surface area contributed by atoms with Gasteiger partial charge in [-0.15, -0.1) is 0 Å². The van der Waals surface area contributed by atoms with Crippen molar-refractivity contribution in [2.24, 2.45) is 0 Å². The molecule has 2 N–H and O–H groups in total. The maximum atomic E-state index is 13.0. The number of carbonyl (C=O) groups is 4. The molecule has 4 amide bonds. The summed E-state index contributed by atoms with van der Waals surface area (Å²) in [5, 5.41) is 5.21. The monoisotopic (exact) mass is 542 g/mol. The second kappa shape index (κ2) is 11.5. The highest BCUT2D eigenvalue weighted by atomic mass is 16.6. The number of anilines is 1. The fourth-order valence-corrected chi connectivity index (χ4v) is 3.92. The Bertz CT molecular complexity index is 1310. The minimum Gasteiger partial charge on any atom is -0.496 e. The molecule has 1 aliphatic rings. The van der Waals surface area contributed by atoms with Gasteiger partial charge in [0.2, 0.25) is 5.91 Å². The number of amides is 4. The fraction of sp³-hybridized carbons (Fsp3) is 0.462. The van der Waals surface area contributed by atoms with Crippen molar-refractivity contribution in [3.05, 3.63) is 46.5 Å². The summed E-state index contributed by atoms with van der Waals surface area (Å²) in [7, 11) is 1.42. The zero-order valence-corrected chi connectivity index (χ0v) is 22.9. The van der Waals surface area contributed by atoms with Gasteiger partial charge in [-0.25, -0.2) is 14.4 Å². The molecular formula is C26H34N6O7. The van der Waals surface area contributed by atoms with Crippen LogP contribution in [0.1, 0.15) is 45.0 Å². The van der Waals surface area contributed by atoms with Crippen LogP contribution < -0.4 is 21.1 Å². The van der Waals surface area contributed by atoms with Crippen LogP contribution in [0.15, 0.2) is 35.3 Å². The molecule has 0 radical (unpaired) electrons. The molecule has 1 fully saturated rings. The summed E-state index contributed by atoms with van der Waals surface area (Å²) < 4.78 is 11.7. The van der Waals surface area contributed by atoms with Gasteiger partial charge in [-0.2, -0.15) is 4.98 Å². The number of hydrogen-bond donors (Lipinski definition) is 2. The number of rotatable bonds is 6. The standard InChI is InChI=1S/C26H34N6O7/c1-25(2,3)39-24(37)29-26(4,5)21(34)30-11-13-31(14-12-30)22(35)27-20-9-10-32(23(36)28-20)18-8-7-17(16-33)19(15-18)38-6/h7-10,15-16H,11-14H2,1-6H3,(H,29,37)(H,27,28,35,36). The molecule has 1 aliphatic heterocycles. The normalized spacial score (nSPS) is 13.9. The average molecular weight is 543 g/mol. The molecule has 0 atom stereocenters. The highest BCUT2D eigenvalue weighted by molar-refractivity contribution is 5.90. The van der Waals surface area contributed by atoms with Crippen molar-refractivity contribution in [2.45, 2.75) is 45.8 Å². The van der Waals surface area contributed by atoms with Gasteiger partial charge in [-0.05, 0) is 52.8 Å². The van der Waals surface area contributed by atoms with Crippen LogP contribution in [0, 0.1) is 0 Å². The molecule has 0 saturated carbocycles. The molecule has 13 nitrogen and oxygen atoms in total. The molecule has 210 valence electrons. The van der Waals surface area contributed by atoms with Gasteiger partial charge >= 0.3 is 17.8 Å². The summed E-state index contributed by atoms with van der Waals surface area (Å²) >= 11 is 0. The summed E-state index contributed by atoms with van der Waals surface area (Å²) in [4.78, 5) is 68.7. The van der Waals surface area contributed by atoms with E-state index in [1.165, 1.54) is 41.0 Å². The Kier molecular flexibility index (Phi) is 8.62. The average Bonchev–Trinajstić information content (AvgIpc) is 2.86. The molecule has 1 aromatic heterocycles. The van der Waals surface area contributed by atoms with Crippen molar-refractivity contribution in [3.63, 3.8) is 0 Å². The number of benzene rings is 1. The summed E-state index contributed by atoms with van der Waals surface area (Å²) in [5.74, 6) is 0.0869. The van der Waals surface area contributed by atoms with Gasteiger partial charge < -0.3 is 24.6 Å². The van der Waals surface area contributed by atoms with E-state index in [1.807, 2.05) is 0 Å². The predicted octanol–water partition coefficient (Wildman–Crippen LogP) is 2.03. The van der Waals surface area contributed by atoms with Crippen LogP contribution in [0.25, 0.3) is 5.69 Å². The highest BCUT2D eigenvalue weighted by Crippen LogP contribution is 2.20. The SMILES string of the molecule is COc1cc(-n2ccc(NC(=O)N3CCN(C(=O)C(C)(C)NC(=O)OC(C)(C)C)CC3)nc2=O)ccc1C=O. The maximum Gasteiger partial charge on any atom is 0.408 e. The molecule has 13 heteroatoms. The smallest absolute Gasteiger partial charge is 0.408 e. The molecule has 39 heavy (non-hydrogen) atoms. The molecule has 0 aliphatic carbocycles. The van der Waals surface area contributed by atoms with Crippen LogP contribution >= 0.6 is 0 Å². The zero-order valence-electron chi connectivity index (χ0n) is 22.9. The van der Waals surface area contributed by atoms with Crippen LogP contribution in [0.2, 0.25) is 0 Å². The number of nitrogens with one attached hydrogen (secondary N) is 2. The number of carbonyl (C=O) groups excluding carboxylic acids is 4. The quantitative estimate of drug-likeness (QED) is 0.526. The van der Waals surface area contributed by atoms with Gasteiger partial charge in [0.1, 0.15) is 22.7 Å². The zero-order chi connectivity index (χ0) is 29.0. The van der Waals surface area contributed by atoms with Crippen LogP contribution in [-0.2, 0) is 9.53 Å². The van der Waals surface area contributed by atoms with Crippen molar-refractivity contribution < 1.29 is 28.7 Å². The predicted molar refractivity (Wildman–Crippen MR) is 142 cm³/mol. The Morgan fingerprint density at radius 2 is 1.64 bits per heavy atom. The summed E-state index contributed by atoms with van der Waals surface area (Å²) in [6.07, 6.45) is 1.42. The molecule has 1 aromatic carbocycles. The van der Waals surface area contributed by atoms with Gasteiger partial charge in [0, 0.05) is 38.4 Å². The molecule has 3 rings (SSSR count). The third-order valence-electron chi connectivity index (χ3n) is 5.86. The van der Waals surface area contributed by atoms with E-state index in [4.69, 9.17) is 9.47 Å². The Morgan fingerprint density at radius 3 is 2.21 bits per heavy atom. The first kappa shape index (κ1) is 29.1. The van der Waals surface area contributed by atoms with Crippen molar-refractivity contribution >= 4 is 30.1 Å². The number of alkyl carbamates (subject to hydrolysis) is 1. The van der Waals surface area contributed by atoms with Crippen LogP contribution in [0.4, 0.5) is 15.4 Å². The van der Waals surface area contributed by atoms with Crippen molar-refractivity contribution in [1.82, 2.24) is 24.7 Å². The molecule has 0 spiro atoms. The van der Waals surface area contributed by atoms with E-state index < -0.39 is 29.0 Å². The second-order valence-electron chi connectivity index (χ2n) is 10.5. The molecule has 0 bridgehead atoms. The Labute approximate surface area is 226 Å². The van der Waals surface area contributed by atoms with E-state index in [1.54, 1.807) is 45.6 Å². The summed E-state index contributed by atoms with van der Waals surface area (Å²) in [6.45, 7) is 9.42. The topological polar surface area (TPSA) is 152 Å². The van der Waals surface area contributed by atoms with Crippen LogP contribution in [0.5, 0.6) is 5.75 Å². The molecule has 1 saturated heterocycles. The molecular weight excluding hydrogens is 508 g/mol. The maximum absolute atomic E-state index is 13.0. The van der Waals surface area contributed by atoms with E-state index in [2.05, 4.69) is 15.6 Å². The fourth-order valence-electron chi connectivity index (χ4n) is 3.92. The lowest BCUT2D eigenvalue weighted by Crippen LogP contribution is -2.60. The Morgan fingerprint density at radius 1 is 1.00 bits per heavy atom. The number of methoxy groups -OCH3 is 1. The lowest BCUT2D eigenvalue weighted by atomic mass is 10.0. The lowest BCUT2D eigenvalue weighted by molar-refractivity contribution is -0.138. The first-order valence-corrected chi connectivity index (χ1v) is 12.3. The van der Waals surface area contributed by atoms with E-state index in [9.17, 15) is 24.0 Å². The first-order valence-electron chi connectivity index (χ1n) is 12.3. The van der Waals surface area contributed by atoms with E-state index in [0.717, 1.165) is 0 Å². The minimum absolute atomic E-state index is 0.0685. The van der Waals surface area contributed by atoms with Crippen molar-refractivity contribution in [2.75, 3.05) is 38.6 Å². The second-order valence-corrected chi connectivity index (χ2v) is 10.5. The van der Waals surface area contributed by atoms with Gasteiger partial charge in [-0.3, -0.25) is 19.5 Å². The number of urea groups is 1. The van der Waals surface area contributed by atoms with Gasteiger partial charge in [0.05, 0.1) is 18.4 Å². The first-order chi connectivity index (χ1) is 18.2. The van der Waals surface area contributed by atoms with Crippen molar-refractivity contribution in [3.8, 4) is 11.4 Å².